The fourth-order valence-electron chi connectivity index (χ4n) is 2.77. The highest BCUT2D eigenvalue weighted by atomic mass is 32.1. The summed E-state index contributed by atoms with van der Waals surface area (Å²) in [6.07, 6.45) is 3.43. The largest absolute Gasteiger partial charge is 0.382 e. The van der Waals surface area contributed by atoms with Gasteiger partial charge in [-0.3, -0.25) is 4.79 Å². The molecular formula is C17H18FN3OS. The van der Waals surface area contributed by atoms with E-state index in [4.69, 9.17) is 12.2 Å². The highest BCUT2D eigenvalue weighted by molar-refractivity contribution is 7.71. The van der Waals surface area contributed by atoms with E-state index in [0.29, 0.717) is 23.3 Å². The summed E-state index contributed by atoms with van der Waals surface area (Å²) < 4.78 is 13.4. The van der Waals surface area contributed by atoms with E-state index in [1.165, 1.54) is 12.1 Å². The highest BCUT2D eigenvalue weighted by Crippen LogP contribution is 2.18. The molecule has 4 nitrogen and oxygen atoms in total. The van der Waals surface area contributed by atoms with Gasteiger partial charge in [0.25, 0.3) is 5.91 Å². The molecule has 120 valence electrons. The average Bonchev–Trinajstić information content (AvgIpc) is 2.57. The van der Waals surface area contributed by atoms with E-state index in [0.717, 1.165) is 18.5 Å². The van der Waals surface area contributed by atoms with Crippen molar-refractivity contribution in [2.24, 2.45) is 0 Å². The number of rotatable bonds is 3. The molecule has 1 fully saturated rings. The first-order valence-corrected chi connectivity index (χ1v) is 8.03. The van der Waals surface area contributed by atoms with Gasteiger partial charge in [-0.2, -0.15) is 0 Å². The quantitative estimate of drug-likeness (QED) is 0.845. The van der Waals surface area contributed by atoms with Gasteiger partial charge in [-0.1, -0.05) is 12.2 Å². The number of aromatic nitrogens is 1. The van der Waals surface area contributed by atoms with Gasteiger partial charge in [-0.05, 0) is 49.2 Å². The Morgan fingerprint density at radius 1 is 1.22 bits per heavy atom. The van der Waals surface area contributed by atoms with Crippen LogP contribution in [0, 0.1) is 10.5 Å². The average molecular weight is 331 g/mol. The third-order valence-corrected chi connectivity index (χ3v) is 4.38. The van der Waals surface area contributed by atoms with Gasteiger partial charge in [-0.25, -0.2) is 4.39 Å². The Hall–Kier alpha value is -2.21. The minimum atomic E-state index is -0.240. The smallest absolute Gasteiger partial charge is 0.256 e. The molecule has 0 saturated carbocycles. The number of piperidine rings is 1. The lowest BCUT2D eigenvalue weighted by Gasteiger charge is -2.33. The van der Waals surface area contributed by atoms with Crippen molar-refractivity contribution >= 4 is 23.8 Å². The van der Waals surface area contributed by atoms with Crippen molar-refractivity contribution in [3.8, 4) is 0 Å². The molecule has 6 heteroatoms. The number of nitrogens with one attached hydrogen (secondary N) is 2. The fraction of sp³-hybridized carbons (Fsp3) is 0.294. The van der Waals surface area contributed by atoms with Crippen LogP contribution in [0.15, 0.2) is 42.6 Å². The molecule has 0 atom stereocenters. The maximum absolute atomic E-state index is 12.9. The number of carbonyl (C=O) groups is 1. The first-order valence-electron chi connectivity index (χ1n) is 7.62. The molecule has 1 aliphatic rings. The van der Waals surface area contributed by atoms with Crippen molar-refractivity contribution in [3.63, 3.8) is 0 Å². The zero-order chi connectivity index (χ0) is 16.2. The Balaban J connectivity index is 1.58. The van der Waals surface area contributed by atoms with Crippen LogP contribution in [0.1, 0.15) is 23.2 Å². The molecule has 1 aliphatic heterocycles. The Bertz CT molecular complexity index is 736. The molecule has 23 heavy (non-hydrogen) atoms. The summed E-state index contributed by atoms with van der Waals surface area (Å²) in [5.41, 5.74) is 1.45. The summed E-state index contributed by atoms with van der Waals surface area (Å²) in [5.74, 6) is -0.262. The van der Waals surface area contributed by atoms with Gasteiger partial charge in [-0.15, -0.1) is 0 Å². The monoisotopic (exact) mass is 331 g/mol. The summed E-state index contributed by atoms with van der Waals surface area (Å²) in [7, 11) is 0. The second kappa shape index (κ2) is 6.91. The summed E-state index contributed by atoms with van der Waals surface area (Å²) in [6.45, 7) is 1.36. The summed E-state index contributed by atoms with van der Waals surface area (Å²) in [4.78, 5) is 17.2. The van der Waals surface area contributed by atoms with Crippen LogP contribution < -0.4 is 5.32 Å². The van der Waals surface area contributed by atoms with E-state index in [-0.39, 0.29) is 17.8 Å². The van der Waals surface area contributed by atoms with Crippen molar-refractivity contribution in [2.75, 3.05) is 18.4 Å². The number of halogens is 1. The molecule has 2 heterocycles. The number of benzene rings is 1. The van der Waals surface area contributed by atoms with Gasteiger partial charge < -0.3 is 15.2 Å². The lowest BCUT2D eigenvalue weighted by atomic mass is 10.0. The minimum Gasteiger partial charge on any atom is -0.382 e. The van der Waals surface area contributed by atoms with Crippen molar-refractivity contribution in [3.05, 3.63) is 58.6 Å². The molecule has 0 radical (unpaired) electrons. The number of hydrogen-bond donors (Lipinski definition) is 2. The van der Waals surface area contributed by atoms with Crippen LogP contribution in [0.5, 0.6) is 0 Å². The lowest BCUT2D eigenvalue weighted by molar-refractivity contribution is 0.0717. The van der Waals surface area contributed by atoms with Crippen LogP contribution in [0.2, 0.25) is 0 Å². The molecule has 0 bridgehead atoms. The maximum atomic E-state index is 12.9. The number of hydrogen-bond acceptors (Lipinski definition) is 3. The van der Waals surface area contributed by atoms with Gasteiger partial charge in [0.05, 0.1) is 5.56 Å². The molecule has 1 saturated heterocycles. The van der Waals surface area contributed by atoms with E-state index in [2.05, 4.69) is 10.3 Å². The standard InChI is InChI=1S/C17H18FN3OS/c18-12-3-5-13(6-4-12)20-14-7-10-21(11-8-14)17(22)15-2-1-9-19-16(15)23/h1-6,9,14,20H,7-8,10-11H2,(H,19,23). The van der Waals surface area contributed by atoms with Crippen LogP contribution in [-0.4, -0.2) is 34.9 Å². The molecule has 2 aromatic rings. The van der Waals surface area contributed by atoms with Crippen LogP contribution in [0.4, 0.5) is 10.1 Å². The zero-order valence-electron chi connectivity index (χ0n) is 12.6. The number of aromatic amines is 1. The predicted molar refractivity (Wildman–Crippen MR) is 90.6 cm³/mol. The number of nitrogens with zero attached hydrogens (tertiary/aromatic N) is 1. The van der Waals surface area contributed by atoms with E-state index < -0.39 is 0 Å². The fourth-order valence-corrected chi connectivity index (χ4v) is 2.99. The van der Waals surface area contributed by atoms with Crippen LogP contribution in [-0.2, 0) is 0 Å². The van der Waals surface area contributed by atoms with Crippen molar-refractivity contribution in [2.45, 2.75) is 18.9 Å². The Morgan fingerprint density at radius 2 is 1.91 bits per heavy atom. The molecular weight excluding hydrogens is 313 g/mol. The SMILES string of the molecule is O=C(c1ccc[nH]c1=S)N1CCC(Nc2ccc(F)cc2)CC1. The first-order chi connectivity index (χ1) is 11.1. The molecule has 2 N–H and O–H groups in total. The Labute approximate surface area is 139 Å². The summed E-state index contributed by atoms with van der Waals surface area (Å²) >= 11 is 5.17. The number of pyridine rings is 1. The normalized spacial score (nSPS) is 15.4. The third-order valence-electron chi connectivity index (χ3n) is 4.05. The Kier molecular flexibility index (Phi) is 4.71. The second-order valence-electron chi connectivity index (χ2n) is 5.63. The van der Waals surface area contributed by atoms with Gasteiger partial charge in [0, 0.05) is 31.0 Å². The molecule has 0 unspecified atom stereocenters. The van der Waals surface area contributed by atoms with Gasteiger partial charge in [0.2, 0.25) is 0 Å². The molecule has 0 aliphatic carbocycles. The van der Waals surface area contributed by atoms with Crippen LogP contribution in [0.25, 0.3) is 0 Å². The van der Waals surface area contributed by atoms with Crippen LogP contribution in [0.3, 0.4) is 0 Å². The first kappa shape index (κ1) is 15.7. The van der Waals surface area contributed by atoms with Crippen molar-refractivity contribution < 1.29 is 9.18 Å². The molecule has 0 spiro atoms. The zero-order valence-corrected chi connectivity index (χ0v) is 13.4. The van der Waals surface area contributed by atoms with Gasteiger partial charge in [0.1, 0.15) is 10.5 Å². The molecule has 3 rings (SSSR count). The lowest BCUT2D eigenvalue weighted by Crippen LogP contribution is -2.42. The number of H-pyrrole nitrogens is 1. The number of anilines is 1. The molecule has 1 aromatic carbocycles. The van der Waals surface area contributed by atoms with E-state index in [9.17, 15) is 9.18 Å². The van der Waals surface area contributed by atoms with Crippen molar-refractivity contribution in [1.29, 1.82) is 0 Å². The topological polar surface area (TPSA) is 48.1 Å². The molecule has 1 aromatic heterocycles. The number of amides is 1. The van der Waals surface area contributed by atoms with E-state index in [1.54, 1.807) is 30.5 Å². The summed E-state index contributed by atoms with van der Waals surface area (Å²) in [6, 6.07) is 10.2. The maximum Gasteiger partial charge on any atom is 0.256 e. The number of likely N-dealkylation sites (tertiary alicyclic amines) is 1. The van der Waals surface area contributed by atoms with Gasteiger partial charge >= 0.3 is 0 Å². The Morgan fingerprint density at radius 3 is 2.57 bits per heavy atom. The predicted octanol–water partition coefficient (Wildman–Crippen LogP) is 3.60. The number of carbonyl (C=O) groups excluding carboxylic acids is 1. The van der Waals surface area contributed by atoms with Gasteiger partial charge in [0.15, 0.2) is 0 Å². The third kappa shape index (κ3) is 3.76. The minimum absolute atomic E-state index is 0.0212. The second-order valence-corrected chi connectivity index (χ2v) is 6.04. The van der Waals surface area contributed by atoms with Crippen molar-refractivity contribution in [1.82, 2.24) is 9.88 Å². The van der Waals surface area contributed by atoms with Crippen LogP contribution >= 0.6 is 12.2 Å². The van der Waals surface area contributed by atoms with E-state index >= 15 is 0 Å². The highest BCUT2D eigenvalue weighted by Gasteiger charge is 2.24. The van der Waals surface area contributed by atoms with E-state index in [1.807, 2.05) is 4.90 Å². The molecule has 1 amide bonds. The summed E-state index contributed by atoms with van der Waals surface area (Å²) in [5, 5.41) is 3.39.